The molecule has 0 saturated heterocycles. The molecule has 1 atom stereocenters. The third kappa shape index (κ3) is 4.52. The van der Waals surface area contributed by atoms with Gasteiger partial charge in [-0.1, -0.05) is 17.7 Å². The number of amides is 1. The van der Waals surface area contributed by atoms with Gasteiger partial charge < -0.3 is 10.4 Å². The predicted octanol–water partition coefficient (Wildman–Crippen LogP) is 3.08. The number of carboxylic acids is 1. The van der Waals surface area contributed by atoms with Gasteiger partial charge in [0.1, 0.15) is 5.82 Å². The van der Waals surface area contributed by atoms with Crippen LogP contribution in [0.3, 0.4) is 0 Å². The summed E-state index contributed by atoms with van der Waals surface area (Å²) in [7, 11) is 0. The van der Waals surface area contributed by atoms with E-state index in [1.165, 1.54) is 12.1 Å². The molecule has 126 valence electrons. The summed E-state index contributed by atoms with van der Waals surface area (Å²) >= 11 is 5.57. The Morgan fingerprint density at radius 1 is 1.42 bits per heavy atom. The standard InChI is InChI=1S/C16H15ClFN3O3/c1-2-3-7-16(20-21-16)8-6-13(22)19-14(15(23)24)10-4-5-11(17)12(18)9-10/h1,4-5,9,14H,3,6-8H2,(H,19,22)(H,23,24). The van der Waals surface area contributed by atoms with Crippen LogP contribution in [0, 0.1) is 18.2 Å². The maximum absolute atomic E-state index is 13.5. The Morgan fingerprint density at radius 3 is 2.67 bits per heavy atom. The van der Waals surface area contributed by atoms with E-state index in [1.807, 2.05) is 0 Å². The van der Waals surface area contributed by atoms with Crippen molar-refractivity contribution >= 4 is 23.5 Å². The van der Waals surface area contributed by atoms with Gasteiger partial charge in [-0.15, -0.1) is 12.3 Å². The third-order valence-corrected chi connectivity index (χ3v) is 3.94. The molecule has 0 saturated carbocycles. The molecule has 0 aliphatic carbocycles. The lowest BCUT2D eigenvalue weighted by molar-refractivity contribution is -0.142. The Kier molecular flexibility index (Phi) is 5.52. The largest absolute Gasteiger partial charge is 0.479 e. The summed E-state index contributed by atoms with van der Waals surface area (Å²) in [5, 5.41) is 19.3. The zero-order valence-corrected chi connectivity index (χ0v) is 13.4. The summed E-state index contributed by atoms with van der Waals surface area (Å²) in [5.41, 5.74) is -0.518. The van der Waals surface area contributed by atoms with E-state index in [2.05, 4.69) is 21.5 Å². The molecule has 1 aromatic rings. The van der Waals surface area contributed by atoms with E-state index in [0.29, 0.717) is 19.3 Å². The van der Waals surface area contributed by atoms with Crippen LogP contribution in [-0.4, -0.2) is 22.6 Å². The van der Waals surface area contributed by atoms with Gasteiger partial charge in [0.25, 0.3) is 0 Å². The van der Waals surface area contributed by atoms with Crippen LogP contribution in [0.15, 0.2) is 28.4 Å². The van der Waals surface area contributed by atoms with Gasteiger partial charge in [-0.25, -0.2) is 9.18 Å². The number of rotatable bonds is 8. The Hall–Kier alpha value is -2.46. The first kappa shape index (κ1) is 17.9. The minimum atomic E-state index is -1.36. The Labute approximate surface area is 143 Å². The molecule has 1 amide bonds. The van der Waals surface area contributed by atoms with Crippen molar-refractivity contribution in [3.8, 4) is 12.3 Å². The summed E-state index contributed by atoms with van der Waals surface area (Å²) in [4.78, 5) is 23.4. The van der Waals surface area contributed by atoms with E-state index in [9.17, 15) is 19.1 Å². The molecule has 6 nitrogen and oxygen atoms in total. The molecular formula is C16H15ClFN3O3. The van der Waals surface area contributed by atoms with Crippen molar-refractivity contribution in [1.82, 2.24) is 5.32 Å². The molecule has 0 spiro atoms. The number of halogens is 2. The van der Waals surface area contributed by atoms with Crippen LogP contribution in [0.5, 0.6) is 0 Å². The van der Waals surface area contributed by atoms with Gasteiger partial charge in [-0.3, -0.25) is 4.79 Å². The van der Waals surface area contributed by atoms with E-state index < -0.39 is 29.4 Å². The van der Waals surface area contributed by atoms with Crippen LogP contribution in [0.25, 0.3) is 0 Å². The average molecular weight is 352 g/mol. The van der Waals surface area contributed by atoms with E-state index in [-0.39, 0.29) is 17.0 Å². The smallest absolute Gasteiger partial charge is 0.330 e. The number of terminal acetylenes is 1. The van der Waals surface area contributed by atoms with Crippen molar-refractivity contribution in [2.45, 2.75) is 37.4 Å². The first-order valence-electron chi connectivity index (χ1n) is 7.21. The summed E-state index contributed by atoms with van der Waals surface area (Å²) in [6.45, 7) is 0. The van der Waals surface area contributed by atoms with Crippen LogP contribution < -0.4 is 5.32 Å². The molecule has 1 aliphatic rings. The molecule has 0 radical (unpaired) electrons. The van der Waals surface area contributed by atoms with E-state index in [1.54, 1.807) is 0 Å². The number of benzene rings is 1. The fourth-order valence-electron chi connectivity index (χ4n) is 2.19. The lowest BCUT2D eigenvalue weighted by atomic mass is 10.0. The number of hydrogen-bond acceptors (Lipinski definition) is 4. The average Bonchev–Trinajstić information content (AvgIpc) is 3.32. The van der Waals surface area contributed by atoms with Crippen LogP contribution in [0.1, 0.15) is 37.3 Å². The van der Waals surface area contributed by atoms with Crippen LogP contribution in [0.4, 0.5) is 4.39 Å². The fourth-order valence-corrected chi connectivity index (χ4v) is 2.31. The Bertz CT molecular complexity index is 724. The van der Waals surface area contributed by atoms with Crippen molar-refractivity contribution in [3.63, 3.8) is 0 Å². The van der Waals surface area contributed by atoms with Crippen molar-refractivity contribution in [2.24, 2.45) is 10.2 Å². The molecular weight excluding hydrogens is 337 g/mol. The molecule has 1 aliphatic heterocycles. The predicted molar refractivity (Wildman–Crippen MR) is 84.8 cm³/mol. The number of carbonyl (C=O) groups excluding carboxylic acids is 1. The third-order valence-electron chi connectivity index (χ3n) is 3.63. The van der Waals surface area contributed by atoms with Crippen molar-refractivity contribution in [2.75, 3.05) is 0 Å². The molecule has 1 unspecified atom stereocenters. The van der Waals surface area contributed by atoms with Crippen molar-refractivity contribution < 1.29 is 19.1 Å². The molecule has 0 fully saturated rings. The number of aliphatic carboxylic acids is 1. The molecule has 1 heterocycles. The SMILES string of the molecule is C#CCCC1(CCC(=O)NC(C(=O)O)c2ccc(Cl)c(F)c2)N=N1. The maximum atomic E-state index is 13.5. The van der Waals surface area contributed by atoms with Gasteiger partial charge in [0.2, 0.25) is 5.91 Å². The highest BCUT2D eigenvalue weighted by molar-refractivity contribution is 6.30. The van der Waals surface area contributed by atoms with Gasteiger partial charge in [-0.2, -0.15) is 10.2 Å². The van der Waals surface area contributed by atoms with Crippen LogP contribution in [0.2, 0.25) is 5.02 Å². The number of hydrogen-bond donors (Lipinski definition) is 2. The molecule has 0 aromatic heterocycles. The normalized spacial score (nSPS) is 15.4. The van der Waals surface area contributed by atoms with Gasteiger partial charge in [0.05, 0.1) is 5.02 Å². The molecule has 24 heavy (non-hydrogen) atoms. The van der Waals surface area contributed by atoms with E-state index in [4.69, 9.17) is 18.0 Å². The highest BCUT2D eigenvalue weighted by Crippen LogP contribution is 2.37. The van der Waals surface area contributed by atoms with Gasteiger partial charge in [-0.05, 0) is 17.7 Å². The highest BCUT2D eigenvalue weighted by Gasteiger charge is 2.39. The quantitative estimate of drug-likeness (QED) is 0.705. The highest BCUT2D eigenvalue weighted by atomic mass is 35.5. The van der Waals surface area contributed by atoms with Crippen molar-refractivity contribution in [1.29, 1.82) is 0 Å². The fraction of sp³-hybridized carbons (Fsp3) is 0.375. The maximum Gasteiger partial charge on any atom is 0.330 e. The first-order valence-corrected chi connectivity index (χ1v) is 7.59. The second kappa shape index (κ2) is 7.41. The lowest BCUT2D eigenvalue weighted by Gasteiger charge is -2.16. The zero-order chi connectivity index (χ0) is 17.7. The molecule has 2 N–H and O–H groups in total. The van der Waals surface area contributed by atoms with Crippen LogP contribution >= 0.6 is 11.6 Å². The lowest BCUT2D eigenvalue weighted by Crippen LogP contribution is -2.34. The number of nitrogens with zero attached hydrogens (tertiary/aromatic N) is 2. The Morgan fingerprint density at radius 2 is 2.12 bits per heavy atom. The summed E-state index contributed by atoms with van der Waals surface area (Å²) in [6, 6.07) is 2.22. The molecule has 8 heteroatoms. The molecule has 0 bridgehead atoms. The Balaban J connectivity index is 1.95. The van der Waals surface area contributed by atoms with Crippen LogP contribution in [-0.2, 0) is 9.59 Å². The number of carbonyl (C=O) groups is 2. The van der Waals surface area contributed by atoms with Gasteiger partial charge >= 0.3 is 5.97 Å². The zero-order valence-electron chi connectivity index (χ0n) is 12.6. The minimum absolute atomic E-state index is 0.0391. The minimum Gasteiger partial charge on any atom is -0.479 e. The second-order valence-electron chi connectivity index (χ2n) is 5.40. The monoisotopic (exact) mass is 351 g/mol. The van der Waals surface area contributed by atoms with Gasteiger partial charge in [0, 0.05) is 25.7 Å². The molecule has 1 aromatic carbocycles. The number of nitrogens with one attached hydrogen (secondary N) is 1. The van der Waals surface area contributed by atoms with Crippen molar-refractivity contribution in [3.05, 3.63) is 34.6 Å². The van der Waals surface area contributed by atoms with E-state index in [0.717, 1.165) is 6.07 Å². The number of carboxylic acid groups (broad SMARTS) is 1. The first-order chi connectivity index (χ1) is 11.4. The van der Waals surface area contributed by atoms with Gasteiger partial charge in [0.15, 0.2) is 11.7 Å². The second-order valence-corrected chi connectivity index (χ2v) is 5.81. The summed E-state index contributed by atoms with van der Waals surface area (Å²) in [6.07, 6.45) is 6.63. The summed E-state index contributed by atoms with van der Waals surface area (Å²) in [5.74, 6) is -0.0549. The molecule has 2 rings (SSSR count). The summed E-state index contributed by atoms with van der Waals surface area (Å²) < 4.78 is 13.5. The topological polar surface area (TPSA) is 91.1 Å². The van der Waals surface area contributed by atoms with E-state index >= 15 is 0 Å².